The van der Waals surface area contributed by atoms with Crippen LogP contribution in [0.2, 0.25) is 5.02 Å². The highest BCUT2D eigenvalue weighted by molar-refractivity contribution is 7.15. The van der Waals surface area contributed by atoms with Gasteiger partial charge in [-0.05, 0) is 50.0 Å². The number of nitrogens with zero attached hydrogens (tertiary/aromatic N) is 3. The molecule has 0 atom stereocenters. The predicted octanol–water partition coefficient (Wildman–Crippen LogP) is 5.37. The predicted molar refractivity (Wildman–Crippen MR) is 145 cm³/mol. The minimum Gasteiger partial charge on any atom is -0.340 e. The fourth-order valence-corrected chi connectivity index (χ4v) is 6.11. The average molecular weight is 504 g/mol. The Balaban J connectivity index is 1.79. The van der Waals surface area contributed by atoms with Gasteiger partial charge in [-0.15, -0.1) is 0 Å². The number of benzene rings is 2. The van der Waals surface area contributed by atoms with Crippen LogP contribution in [-0.4, -0.2) is 14.0 Å². The quantitative estimate of drug-likeness (QED) is 0.331. The Morgan fingerprint density at radius 3 is 2.49 bits per heavy atom. The molecule has 0 aliphatic heterocycles. The molecule has 0 aliphatic carbocycles. The first-order chi connectivity index (χ1) is 16.7. The molecule has 3 heterocycles. The van der Waals surface area contributed by atoms with Gasteiger partial charge < -0.3 is 4.57 Å². The van der Waals surface area contributed by atoms with Gasteiger partial charge in [-0.3, -0.25) is 9.59 Å². The molecule has 0 fully saturated rings. The summed E-state index contributed by atoms with van der Waals surface area (Å²) in [6, 6.07) is 14.0. The first kappa shape index (κ1) is 23.5. The minimum atomic E-state index is -0.316. The van der Waals surface area contributed by atoms with E-state index in [-0.39, 0.29) is 17.0 Å². The van der Waals surface area contributed by atoms with Crippen molar-refractivity contribution in [1.29, 1.82) is 0 Å². The lowest BCUT2D eigenvalue weighted by molar-refractivity contribution is 0.801. The van der Waals surface area contributed by atoms with E-state index in [1.165, 1.54) is 15.7 Å². The number of aromatic nitrogens is 3. The summed E-state index contributed by atoms with van der Waals surface area (Å²) in [5, 5.41) is 1.78. The zero-order valence-corrected chi connectivity index (χ0v) is 21.9. The molecule has 0 spiro atoms. The Kier molecular flexibility index (Phi) is 5.90. The average Bonchev–Trinajstić information content (AvgIpc) is 3.25. The van der Waals surface area contributed by atoms with Crippen LogP contribution in [0, 0.1) is 20.8 Å². The molecule has 178 valence electrons. The smallest absolute Gasteiger partial charge is 0.277 e. The molecule has 0 saturated carbocycles. The molecule has 0 aliphatic rings. The molecule has 7 heteroatoms. The summed E-state index contributed by atoms with van der Waals surface area (Å²) >= 11 is 7.74. The Morgan fingerprint density at radius 1 is 1.03 bits per heavy atom. The summed E-state index contributed by atoms with van der Waals surface area (Å²) in [7, 11) is 0. The van der Waals surface area contributed by atoms with Gasteiger partial charge in [0, 0.05) is 39.5 Å². The fourth-order valence-electron chi connectivity index (χ4n) is 4.92. The highest BCUT2D eigenvalue weighted by atomic mass is 35.5. The fraction of sp³-hybridized carbons (Fsp3) is 0.250. The number of halogens is 1. The molecule has 5 rings (SSSR count). The van der Waals surface area contributed by atoms with Crippen molar-refractivity contribution in [3.8, 4) is 0 Å². The summed E-state index contributed by atoms with van der Waals surface area (Å²) in [4.78, 5) is 31.5. The maximum atomic E-state index is 13.4. The van der Waals surface area contributed by atoms with E-state index < -0.39 is 0 Å². The van der Waals surface area contributed by atoms with Crippen molar-refractivity contribution >= 4 is 44.9 Å². The molecule has 0 unspecified atom stereocenters. The van der Waals surface area contributed by atoms with Crippen molar-refractivity contribution in [2.24, 2.45) is 0 Å². The van der Waals surface area contributed by atoms with Gasteiger partial charge in [0.05, 0.1) is 10.0 Å². The lowest BCUT2D eigenvalue weighted by Gasteiger charge is -2.11. The molecule has 35 heavy (non-hydrogen) atoms. The topological polar surface area (TPSA) is 56.4 Å². The van der Waals surface area contributed by atoms with Crippen molar-refractivity contribution in [2.75, 3.05) is 0 Å². The van der Waals surface area contributed by atoms with Gasteiger partial charge in [0.15, 0.2) is 0 Å². The van der Waals surface area contributed by atoms with Gasteiger partial charge >= 0.3 is 0 Å². The number of hydrogen-bond donors (Lipinski definition) is 0. The largest absolute Gasteiger partial charge is 0.340 e. The Hall–Kier alpha value is -3.22. The summed E-state index contributed by atoms with van der Waals surface area (Å²) in [6.07, 6.45) is 1.91. The van der Waals surface area contributed by atoms with E-state index in [9.17, 15) is 9.59 Å². The van der Waals surface area contributed by atoms with Crippen molar-refractivity contribution in [3.05, 3.63) is 106 Å². The maximum absolute atomic E-state index is 13.4. The zero-order valence-electron chi connectivity index (χ0n) is 20.3. The Bertz CT molecular complexity index is 1790. The van der Waals surface area contributed by atoms with Crippen LogP contribution >= 0.6 is 22.9 Å². The maximum Gasteiger partial charge on any atom is 0.277 e. The Morgan fingerprint density at radius 2 is 1.77 bits per heavy atom. The van der Waals surface area contributed by atoms with Crippen LogP contribution in [0.3, 0.4) is 0 Å². The van der Waals surface area contributed by atoms with Crippen LogP contribution in [0.15, 0.2) is 52.1 Å². The van der Waals surface area contributed by atoms with Crippen LogP contribution in [-0.2, 0) is 6.54 Å². The first-order valence-corrected chi connectivity index (χ1v) is 12.8. The summed E-state index contributed by atoms with van der Waals surface area (Å²) in [6.45, 7) is 10.5. The van der Waals surface area contributed by atoms with E-state index >= 15 is 0 Å². The molecule has 0 amide bonds. The lowest BCUT2D eigenvalue weighted by atomic mass is 10.0. The first-order valence-electron chi connectivity index (χ1n) is 11.6. The normalized spacial score (nSPS) is 12.5. The van der Waals surface area contributed by atoms with Crippen LogP contribution in [0.5, 0.6) is 0 Å². The van der Waals surface area contributed by atoms with Gasteiger partial charge in [0.25, 0.3) is 11.1 Å². The van der Waals surface area contributed by atoms with Crippen LogP contribution in [0.1, 0.15) is 53.4 Å². The second-order valence-corrected chi connectivity index (χ2v) is 10.7. The lowest BCUT2D eigenvalue weighted by Crippen LogP contribution is -2.33. The molecule has 0 saturated heterocycles. The third-order valence-corrected chi connectivity index (χ3v) is 7.96. The molecule has 0 N–H and O–H groups in total. The van der Waals surface area contributed by atoms with E-state index in [4.69, 9.17) is 11.6 Å². The second-order valence-electron chi connectivity index (χ2n) is 9.25. The molecule has 2 aromatic carbocycles. The van der Waals surface area contributed by atoms with Gasteiger partial charge in [-0.1, -0.05) is 73.2 Å². The minimum absolute atomic E-state index is 0.00774. The summed E-state index contributed by atoms with van der Waals surface area (Å²) < 4.78 is 3.97. The third kappa shape index (κ3) is 3.81. The molecule has 5 aromatic rings. The van der Waals surface area contributed by atoms with Crippen molar-refractivity contribution < 1.29 is 0 Å². The van der Waals surface area contributed by atoms with Gasteiger partial charge in [0.1, 0.15) is 0 Å². The van der Waals surface area contributed by atoms with Crippen molar-refractivity contribution in [1.82, 2.24) is 14.0 Å². The molecule has 0 radical (unpaired) electrons. The second kappa shape index (κ2) is 8.77. The summed E-state index contributed by atoms with van der Waals surface area (Å²) in [5.74, 6) is -0.00774. The van der Waals surface area contributed by atoms with E-state index in [0.29, 0.717) is 27.3 Å². The number of aryl methyl sites for hydroxylation is 2. The van der Waals surface area contributed by atoms with Gasteiger partial charge in [0.2, 0.25) is 4.96 Å². The molecular formula is C28H26ClN3O2S. The van der Waals surface area contributed by atoms with Crippen LogP contribution in [0.4, 0.5) is 0 Å². The van der Waals surface area contributed by atoms with E-state index in [1.54, 1.807) is 0 Å². The summed E-state index contributed by atoms with van der Waals surface area (Å²) in [5.41, 5.74) is 5.97. The van der Waals surface area contributed by atoms with Crippen molar-refractivity contribution in [2.45, 2.75) is 47.1 Å². The standard InChI is InChI=1S/C28H26ClN3O2S/c1-15(2)24-17(4)30-28-32(27(24)34)26(33)23(35-28)13-21-18(5)31(14-19-10-6-7-12-22(19)29)25-16(3)9-8-11-20(21)25/h6-13,15H,14H2,1-5H3/b23-13-. The van der Waals surface area contributed by atoms with Crippen molar-refractivity contribution in [3.63, 3.8) is 0 Å². The van der Waals surface area contributed by atoms with E-state index in [2.05, 4.69) is 35.5 Å². The van der Waals surface area contributed by atoms with Gasteiger partial charge in [-0.25, -0.2) is 9.38 Å². The third-order valence-electron chi connectivity index (χ3n) is 6.62. The highest BCUT2D eigenvalue weighted by Crippen LogP contribution is 2.31. The molecule has 3 aromatic heterocycles. The number of para-hydroxylation sites is 1. The zero-order chi connectivity index (χ0) is 25.0. The van der Waals surface area contributed by atoms with Crippen LogP contribution in [0.25, 0.3) is 21.9 Å². The molecular weight excluding hydrogens is 478 g/mol. The number of fused-ring (bicyclic) bond motifs is 2. The van der Waals surface area contributed by atoms with E-state index in [0.717, 1.165) is 38.3 Å². The monoisotopic (exact) mass is 503 g/mol. The Labute approximate surface area is 211 Å². The van der Waals surface area contributed by atoms with Crippen LogP contribution < -0.4 is 15.7 Å². The number of hydrogen-bond acceptors (Lipinski definition) is 4. The molecule has 5 nitrogen and oxygen atoms in total. The van der Waals surface area contributed by atoms with Gasteiger partial charge in [-0.2, -0.15) is 0 Å². The highest BCUT2D eigenvalue weighted by Gasteiger charge is 2.19. The molecule has 0 bridgehead atoms. The van der Waals surface area contributed by atoms with E-state index in [1.807, 2.05) is 57.2 Å². The number of thiazole rings is 1. The SMILES string of the molecule is Cc1nc2s/c(=C\c3c(C)n(Cc4ccccc4Cl)c4c(C)cccc34)c(=O)n2c(=O)c1C(C)C. The number of rotatable bonds is 4.